The Balaban J connectivity index is 1.85. The number of nitrogens with two attached hydrogens (primary N) is 1. The molecule has 1 aromatic heterocycles. The molecule has 3 N–H and O–H groups in total. The van der Waals surface area contributed by atoms with Crippen LogP contribution in [-0.2, 0) is 5.54 Å². The van der Waals surface area contributed by atoms with E-state index >= 15 is 0 Å². The van der Waals surface area contributed by atoms with Crippen molar-refractivity contribution in [3.63, 3.8) is 0 Å². The van der Waals surface area contributed by atoms with Gasteiger partial charge in [-0.25, -0.2) is 0 Å². The Morgan fingerprint density at radius 2 is 2.15 bits per heavy atom. The fourth-order valence-corrected chi connectivity index (χ4v) is 1.41. The molecule has 0 radical (unpaired) electrons. The van der Waals surface area contributed by atoms with E-state index in [0.29, 0.717) is 11.8 Å². The van der Waals surface area contributed by atoms with Gasteiger partial charge in [0.15, 0.2) is 0 Å². The van der Waals surface area contributed by atoms with Crippen molar-refractivity contribution in [1.29, 1.82) is 0 Å². The molecule has 2 heterocycles. The lowest BCUT2D eigenvalue weighted by Gasteiger charge is -2.23. The largest absolute Gasteiger partial charge is 0.423 e. The van der Waals surface area contributed by atoms with Crippen LogP contribution in [0.15, 0.2) is 4.42 Å². The second-order valence-corrected chi connectivity index (χ2v) is 3.96. The third kappa shape index (κ3) is 1.08. The van der Waals surface area contributed by atoms with Gasteiger partial charge in [0, 0.05) is 13.1 Å². The molecule has 1 aromatic rings. The lowest BCUT2D eigenvalue weighted by atomic mass is 10.0. The highest BCUT2D eigenvalue weighted by Gasteiger charge is 2.45. The van der Waals surface area contributed by atoms with E-state index in [9.17, 15) is 0 Å². The highest BCUT2D eigenvalue weighted by atomic mass is 16.4. The molecule has 2 fully saturated rings. The second-order valence-electron chi connectivity index (χ2n) is 3.96. The lowest BCUT2D eigenvalue weighted by molar-refractivity contribution is 0.332. The normalized spacial score (nSPS) is 25.6. The third-order valence-corrected chi connectivity index (χ3v) is 2.79. The van der Waals surface area contributed by atoms with Crippen LogP contribution in [0.4, 0.5) is 0 Å². The van der Waals surface area contributed by atoms with E-state index in [1.807, 2.05) is 0 Å². The monoisotopic (exact) mass is 180 g/mol. The van der Waals surface area contributed by atoms with Crippen molar-refractivity contribution in [3.05, 3.63) is 11.8 Å². The van der Waals surface area contributed by atoms with E-state index in [1.165, 1.54) is 0 Å². The molecule has 3 rings (SSSR count). The van der Waals surface area contributed by atoms with Crippen molar-refractivity contribution < 1.29 is 4.42 Å². The Kier molecular flexibility index (Phi) is 1.32. The maximum Gasteiger partial charge on any atom is 0.236 e. The van der Waals surface area contributed by atoms with Crippen LogP contribution in [0.2, 0.25) is 0 Å². The van der Waals surface area contributed by atoms with Crippen molar-refractivity contribution >= 4 is 0 Å². The first kappa shape index (κ1) is 7.46. The number of hydrogen-bond donors (Lipinski definition) is 2. The summed E-state index contributed by atoms with van der Waals surface area (Å²) in [6, 6.07) is 0. The zero-order valence-corrected chi connectivity index (χ0v) is 7.29. The summed E-state index contributed by atoms with van der Waals surface area (Å²) in [5.74, 6) is 1.77. The SMILES string of the molecule is NC1(c2nnc(C3CNC3)o2)CC1. The van der Waals surface area contributed by atoms with E-state index in [0.717, 1.165) is 31.8 Å². The van der Waals surface area contributed by atoms with Crippen LogP contribution < -0.4 is 11.1 Å². The molecule has 0 aromatic carbocycles. The van der Waals surface area contributed by atoms with E-state index in [1.54, 1.807) is 0 Å². The van der Waals surface area contributed by atoms with Gasteiger partial charge in [-0.2, -0.15) is 0 Å². The summed E-state index contributed by atoms with van der Waals surface area (Å²) in [7, 11) is 0. The molecule has 0 unspecified atom stereocenters. The zero-order chi connectivity index (χ0) is 8.89. The molecule has 1 saturated carbocycles. The zero-order valence-electron chi connectivity index (χ0n) is 7.29. The van der Waals surface area contributed by atoms with Gasteiger partial charge in [0.25, 0.3) is 0 Å². The van der Waals surface area contributed by atoms with Crippen molar-refractivity contribution in [2.75, 3.05) is 13.1 Å². The van der Waals surface area contributed by atoms with Crippen LogP contribution >= 0.6 is 0 Å². The Labute approximate surface area is 75.7 Å². The van der Waals surface area contributed by atoms with Gasteiger partial charge in [-0.05, 0) is 12.8 Å². The van der Waals surface area contributed by atoms with Crippen molar-refractivity contribution in [2.24, 2.45) is 5.73 Å². The highest BCUT2D eigenvalue weighted by molar-refractivity contribution is 5.12. The molecule has 1 aliphatic carbocycles. The average Bonchev–Trinajstić information content (AvgIpc) is 2.61. The number of aromatic nitrogens is 2. The minimum atomic E-state index is -0.289. The van der Waals surface area contributed by atoms with Crippen LogP contribution in [0.5, 0.6) is 0 Å². The Hall–Kier alpha value is -0.940. The molecular weight excluding hydrogens is 168 g/mol. The number of rotatable bonds is 2. The van der Waals surface area contributed by atoms with Crippen LogP contribution in [-0.4, -0.2) is 23.3 Å². The molecule has 1 aliphatic heterocycles. The van der Waals surface area contributed by atoms with E-state index in [4.69, 9.17) is 10.2 Å². The number of nitrogens with one attached hydrogen (secondary N) is 1. The molecule has 1 saturated heterocycles. The lowest BCUT2D eigenvalue weighted by Crippen LogP contribution is -2.40. The summed E-state index contributed by atoms with van der Waals surface area (Å²) in [6.07, 6.45) is 1.94. The fourth-order valence-electron chi connectivity index (χ4n) is 1.41. The number of nitrogens with zero attached hydrogens (tertiary/aromatic N) is 2. The smallest absolute Gasteiger partial charge is 0.236 e. The Bertz CT molecular complexity index is 327. The molecule has 13 heavy (non-hydrogen) atoms. The Morgan fingerprint density at radius 3 is 2.69 bits per heavy atom. The summed E-state index contributed by atoms with van der Waals surface area (Å²) < 4.78 is 5.53. The maximum atomic E-state index is 5.93. The summed E-state index contributed by atoms with van der Waals surface area (Å²) in [6.45, 7) is 1.89. The Morgan fingerprint density at radius 1 is 1.38 bits per heavy atom. The minimum Gasteiger partial charge on any atom is -0.423 e. The van der Waals surface area contributed by atoms with Gasteiger partial charge in [0.2, 0.25) is 11.8 Å². The highest BCUT2D eigenvalue weighted by Crippen LogP contribution is 2.42. The molecule has 2 aliphatic rings. The fraction of sp³-hybridized carbons (Fsp3) is 0.750. The first-order valence-corrected chi connectivity index (χ1v) is 4.61. The van der Waals surface area contributed by atoms with E-state index in [2.05, 4.69) is 15.5 Å². The van der Waals surface area contributed by atoms with Gasteiger partial charge in [0.05, 0.1) is 11.5 Å². The molecule has 5 heteroatoms. The quantitative estimate of drug-likeness (QED) is 0.653. The van der Waals surface area contributed by atoms with Crippen molar-refractivity contribution in [3.8, 4) is 0 Å². The van der Waals surface area contributed by atoms with Crippen LogP contribution in [0.25, 0.3) is 0 Å². The van der Waals surface area contributed by atoms with Crippen LogP contribution in [0, 0.1) is 0 Å². The van der Waals surface area contributed by atoms with Crippen molar-refractivity contribution in [1.82, 2.24) is 15.5 Å². The van der Waals surface area contributed by atoms with Crippen molar-refractivity contribution in [2.45, 2.75) is 24.3 Å². The standard InChI is InChI=1S/C8H12N4O/c9-8(1-2-8)7-12-11-6(13-7)5-3-10-4-5/h5,10H,1-4,9H2. The van der Waals surface area contributed by atoms with Gasteiger partial charge in [-0.1, -0.05) is 0 Å². The minimum absolute atomic E-state index is 0.289. The molecular formula is C8H12N4O. The van der Waals surface area contributed by atoms with E-state index < -0.39 is 0 Å². The summed E-state index contributed by atoms with van der Waals surface area (Å²) in [4.78, 5) is 0. The average molecular weight is 180 g/mol. The number of hydrogen-bond acceptors (Lipinski definition) is 5. The maximum absolute atomic E-state index is 5.93. The molecule has 5 nitrogen and oxygen atoms in total. The molecule has 0 atom stereocenters. The first-order chi connectivity index (χ1) is 6.28. The van der Waals surface area contributed by atoms with Gasteiger partial charge < -0.3 is 15.5 Å². The van der Waals surface area contributed by atoms with Crippen LogP contribution in [0.3, 0.4) is 0 Å². The van der Waals surface area contributed by atoms with Gasteiger partial charge >= 0.3 is 0 Å². The second kappa shape index (κ2) is 2.30. The molecule has 0 amide bonds. The predicted octanol–water partition coefficient (Wildman–Crippen LogP) is -0.296. The van der Waals surface area contributed by atoms with Gasteiger partial charge in [-0.3, -0.25) is 0 Å². The molecule has 0 bridgehead atoms. The van der Waals surface area contributed by atoms with Gasteiger partial charge in [-0.15, -0.1) is 10.2 Å². The third-order valence-electron chi connectivity index (χ3n) is 2.79. The topological polar surface area (TPSA) is 77.0 Å². The predicted molar refractivity (Wildman–Crippen MR) is 45.0 cm³/mol. The van der Waals surface area contributed by atoms with Gasteiger partial charge in [0.1, 0.15) is 0 Å². The van der Waals surface area contributed by atoms with E-state index in [-0.39, 0.29) is 5.54 Å². The summed E-state index contributed by atoms with van der Waals surface area (Å²) >= 11 is 0. The summed E-state index contributed by atoms with van der Waals surface area (Å²) in [5.41, 5.74) is 5.64. The first-order valence-electron chi connectivity index (χ1n) is 4.61. The molecule has 0 spiro atoms. The van der Waals surface area contributed by atoms with Crippen LogP contribution in [0.1, 0.15) is 30.5 Å². The summed E-state index contributed by atoms with van der Waals surface area (Å²) in [5, 5.41) is 11.2. The molecule has 70 valence electrons.